The van der Waals surface area contributed by atoms with E-state index in [1.807, 2.05) is 29.6 Å². The lowest BCUT2D eigenvalue weighted by atomic mass is 10.1. The topological polar surface area (TPSA) is 33.1 Å². The first-order chi connectivity index (χ1) is 7.27. The molecule has 0 saturated heterocycles. The molecule has 1 heterocycles. The summed E-state index contributed by atoms with van der Waals surface area (Å²) in [5.41, 5.74) is 0.956. The van der Waals surface area contributed by atoms with E-state index in [9.17, 15) is 5.11 Å². The van der Waals surface area contributed by atoms with Crippen LogP contribution in [-0.4, -0.2) is 10.1 Å². The zero-order valence-electron chi connectivity index (χ0n) is 8.25. The average Bonchev–Trinajstić information content (AvgIpc) is 2.71. The number of benzene rings is 1. The zero-order chi connectivity index (χ0) is 10.7. The van der Waals surface area contributed by atoms with Crippen LogP contribution in [0.3, 0.4) is 0 Å². The van der Waals surface area contributed by atoms with E-state index in [2.05, 4.69) is 4.98 Å². The summed E-state index contributed by atoms with van der Waals surface area (Å²) in [6.45, 7) is 1.78. The lowest BCUT2D eigenvalue weighted by Crippen LogP contribution is -1.92. The summed E-state index contributed by atoms with van der Waals surface area (Å²) >= 11 is 3.21. The van der Waals surface area contributed by atoms with Gasteiger partial charge in [-0.15, -0.1) is 11.3 Å². The standard InChI is InChI=1S/C11H11NOS2/c1-8(13)9-4-2-3-5-10(9)15-11-12-6-7-14-11/h2-8,13H,1H3/t8-/m1/s1. The maximum atomic E-state index is 9.60. The number of nitrogens with zero attached hydrogens (tertiary/aromatic N) is 1. The number of thiazole rings is 1. The monoisotopic (exact) mass is 237 g/mol. The predicted molar refractivity (Wildman–Crippen MR) is 63.3 cm³/mol. The first-order valence-corrected chi connectivity index (χ1v) is 6.31. The Morgan fingerprint density at radius 3 is 2.87 bits per heavy atom. The van der Waals surface area contributed by atoms with Crippen LogP contribution in [0.1, 0.15) is 18.6 Å². The molecule has 1 aromatic carbocycles. The second-order valence-corrected chi connectivity index (χ2v) is 5.30. The van der Waals surface area contributed by atoms with Crippen molar-refractivity contribution in [3.8, 4) is 0 Å². The Hall–Kier alpha value is -0.840. The fourth-order valence-corrected chi connectivity index (χ4v) is 3.07. The molecule has 1 N–H and O–H groups in total. The van der Waals surface area contributed by atoms with Gasteiger partial charge in [0.2, 0.25) is 0 Å². The van der Waals surface area contributed by atoms with Gasteiger partial charge in [0.05, 0.1) is 6.10 Å². The lowest BCUT2D eigenvalue weighted by molar-refractivity contribution is 0.196. The zero-order valence-corrected chi connectivity index (χ0v) is 9.89. The summed E-state index contributed by atoms with van der Waals surface area (Å²) in [6.07, 6.45) is 1.35. The summed E-state index contributed by atoms with van der Waals surface area (Å²) in [5.74, 6) is 0. The largest absolute Gasteiger partial charge is 0.389 e. The molecule has 0 radical (unpaired) electrons. The van der Waals surface area contributed by atoms with Crippen molar-refractivity contribution >= 4 is 23.1 Å². The lowest BCUT2D eigenvalue weighted by Gasteiger charge is -2.09. The number of rotatable bonds is 3. The molecule has 15 heavy (non-hydrogen) atoms. The van der Waals surface area contributed by atoms with Crippen LogP contribution in [0.25, 0.3) is 0 Å². The van der Waals surface area contributed by atoms with Crippen molar-refractivity contribution in [2.45, 2.75) is 22.3 Å². The van der Waals surface area contributed by atoms with Crippen LogP contribution < -0.4 is 0 Å². The van der Waals surface area contributed by atoms with E-state index in [4.69, 9.17) is 0 Å². The number of aliphatic hydroxyl groups excluding tert-OH is 1. The van der Waals surface area contributed by atoms with Crippen LogP contribution in [0, 0.1) is 0 Å². The molecular weight excluding hydrogens is 226 g/mol. The van der Waals surface area contributed by atoms with E-state index >= 15 is 0 Å². The van der Waals surface area contributed by atoms with Gasteiger partial charge >= 0.3 is 0 Å². The van der Waals surface area contributed by atoms with Crippen molar-refractivity contribution in [3.05, 3.63) is 41.4 Å². The molecule has 0 unspecified atom stereocenters. The highest BCUT2D eigenvalue weighted by Crippen LogP contribution is 2.33. The highest BCUT2D eigenvalue weighted by atomic mass is 32.2. The molecule has 0 aliphatic carbocycles. The first kappa shape index (κ1) is 10.7. The van der Waals surface area contributed by atoms with Gasteiger partial charge in [0.1, 0.15) is 0 Å². The van der Waals surface area contributed by atoms with Crippen LogP contribution in [0.2, 0.25) is 0 Å². The molecule has 0 aliphatic rings. The van der Waals surface area contributed by atoms with Gasteiger partial charge in [0.15, 0.2) is 4.34 Å². The molecule has 2 aromatic rings. The van der Waals surface area contributed by atoms with Gasteiger partial charge in [0.25, 0.3) is 0 Å². The summed E-state index contributed by atoms with van der Waals surface area (Å²) in [5, 5.41) is 11.6. The normalized spacial score (nSPS) is 12.7. The Morgan fingerprint density at radius 2 is 2.20 bits per heavy atom. The molecule has 0 fully saturated rings. The van der Waals surface area contributed by atoms with Gasteiger partial charge < -0.3 is 5.11 Å². The minimum Gasteiger partial charge on any atom is -0.389 e. The molecule has 0 bridgehead atoms. The Kier molecular flexibility index (Phi) is 3.41. The Balaban J connectivity index is 2.28. The second kappa shape index (κ2) is 4.79. The maximum absolute atomic E-state index is 9.60. The Morgan fingerprint density at radius 1 is 1.40 bits per heavy atom. The highest BCUT2D eigenvalue weighted by molar-refractivity contribution is 8.01. The van der Waals surface area contributed by atoms with E-state index in [1.165, 1.54) is 0 Å². The van der Waals surface area contributed by atoms with Gasteiger partial charge in [0, 0.05) is 16.5 Å². The summed E-state index contributed by atoms with van der Waals surface area (Å²) in [6, 6.07) is 7.87. The molecule has 1 aromatic heterocycles. The third kappa shape index (κ3) is 2.59. The van der Waals surface area contributed by atoms with E-state index < -0.39 is 6.10 Å². The quantitative estimate of drug-likeness (QED) is 0.888. The van der Waals surface area contributed by atoms with Crippen LogP contribution in [0.15, 0.2) is 45.1 Å². The van der Waals surface area contributed by atoms with Crippen LogP contribution >= 0.6 is 23.1 Å². The third-order valence-electron chi connectivity index (χ3n) is 1.98. The predicted octanol–water partition coefficient (Wildman–Crippen LogP) is 3.35. The molecule has 78 valence electrons. The molecule has 4 heteroatoms. The van der Waals surface area contributed by atoms with Gasteiger partial charge in [-0.1, -0.05) is 30.0 Å². The van der Waals surface area contributed by atoms with Crippen molar-refractivity contribution in [3.63, 3.8) is 0 Å². The molecule has 0 amide bonds. The van der Waals surface area contributed by atoms with Gasteiger partial charge in [-0.2, -0.15) is 0 Å². The van der Waals surface area contributed by atoms with Crippen molar-refractivity contribution in [1.82, 2.24) is 4.98 Å². The highest BCUT2D eigenvalue weighted by Gasteiger charge is 2.09. The molecule has 2 rings (SSSR count). The third-order valence-corrected chi connectivity index (χ3v) is 3.95. The van der Waals surface area contributed by atoms with Crippen LogP contribution in [0.4, 0.5) is 0 Å². The second-order valence-electron chi connectivity index (χ2n) is 3.11. The molecule has 2 nitrogen and oxygen atoms in total. The fourth-order valence-electron chi connectivity index (χ4n) is 1.27. The van der Waals surface area contributed by atoms with Crippen molar-refractivity contribution in [2.75, 3.05) is 0 Å². The fraction of sp³-hybridized carbons (Fsp3) is 0.182. The minimum atomic E-state index is -0.436. The molecule has 1 atom stereocenters. The smallest absolute Gasteiger partial charge is 0.154 e. The van der Waals surface area contributed by atoms with Crippen LogP contribution in [-0.2, 0) is 0 Å². The number of aromatic nitrogens is 1. The van der Waals surface area contributed by atoms with E-state index in [0.717, 1.165) is 14.8 Å². The summed E-state index contributed by atoms with van der Waals surface area (Å²) in [4.78, 5) is 5.28. The van der Waals surface area contributed by atoms with Crippen molar-refractivity contribution < 1.29 is 5.11 Å². The van der Waals surface area contributed by atoms with E-state index in [1.54, 1.807) is 36.2 Å². The van der Waals surface area contributed by atoms with Crippen molar-refractivity contribution in [1.29, 1.82) is 0 Å². The summed E-state index contributed by atoms with van der Waals surface area (Å²) < 4.78 is 1.00. The van der Waals surface area contributed by atoms with Gasteiger partial charge in [-0.3, -0.25) is 0 Å². The summed E-state index contributed by atoms with van der Waals surface area (Å²) in [7, 11) is 0. The van der Waals surface area contributed by atoms with E-state index in [-0.39, 0.29) is 0 Å². The molecule has 0 saturated carbocycles. The van der Waals surface area contributed by atoms with Crippen LogP contribution in [0.5, 0.6) is 0 Å². The SMILES string of the molecule is C[C@@H](O)c1ccccc1Sc1nccs1. The average molecular weight is 237 g/mol. The van der Waals surface area contributed by atoms with E-state index in [0.29, 0.717) is 0 Å². The molecule has 0 aliphatic heterocycles. The Labute approximate surface area is 97.0 Å². The maximum Gasteiger partial charge on any atom is 0.154 e. The number of aliphatic hydroxyl groups is 1. The molecule has 0 spiro atoms. The first-order valence-electron chi connectivity index (χ1n) is 4.61. The Bertz CT molecular complexity index is 426. The van der Waals surface area contributed by atoms with Crippen molar-refractivity contribution in [2.24, 2.45) is 0 Å². The van der Waals surface area contributed by atoms with Gasteiger partial charge in [-0.05, 0) is 18.6 Å². The minimum absolute atomic E-state index is 0.436. The van der Waals surface area contributed by atoms with Gasteiger partial charge in [-0.25, -0.2) is 4.98 Å². The molecular formula is C11H11NOS2. The number of hydrogen-bond donors (Lipinski definition) is 1. The number of hydrogen-bond acceptors (Lipinski definition) is 4.